The fraction of sp³-hybridized carbons (Fsp3) is 0.750. The standard InChI is InChI=1S/C12H24N4O2/c1-15(8-9-18-2)7-5-13-10-12(17)11-16-6-3-4-14-16/h3-4,6,12-13,17H,5,7-11H2,1-2H3. The quantitative estimate of drug-likeness (QED) is 0.548. The average molecular weight is 256 g/mol. The van der Waals surface area contributed by atoms with E-state index in [-0.39, 0.29) is 0 Å². The van der Waals surface area contributed by atoms with Gasteiger partial charge in [-0.1, -0.05) is 0 Å². The second-order valence-corrected chi connectivity index (χ2v) is 4.38. The fourth-order valence-electron chi connectivity index (χ4n) is 1.59. The van der Waals surface area contributed by atoms with Crippen LogP contribution in [0.3, 0.4) is 0 Å². The number of methoxy groups -OCH3 is 1. The van der Waals surface area contributed by atoms with E-state index in [0.29, 0.717) is 13.1 Å². The number of rotatable bonds is 10. The average Bonchev–Trinajstić information content (AvgIpc) is 2.85. The monoisotopic (exact) mass is 256 g/mol. The summed E-state index contributed by atoms with van der Waals surface area (Å²) < 4.78 is 6.74. The highest BCUT2D eigenvalue weighted by Gasteiger charge is 2.05. The van der Waals surface area contributed by atoms with Crippen molar-refractivity contribution in [2.45, 2.75) is 12.6 Å². The van der Waals surface area contributed by atoms with Gasteiger partial charge in [0.1, 0.15) is 0 Å². The van der Waals surface area contributed by atoms with Crippen LogP contribution in [0.25, 0.3) is 0 Å². The Hall–Kier alpha value is -0.950. The van der Waals surface area contributed by atoms with Crippen LogP contribution in [0.5, 0.6) is 0 Å². The first kappa shape index (κ1) is 15.1. The molecule has 0 aliphatic carbocycles. The first-order chi connectivity index (χ1) is 8.72. The predicted molar refractivity (Wildman–Crippen MR) is 70.5 cm³/mol. The summed E-state index contributed by atoms with van der Waals surface area (Å²) in [5.41, 5.74) is 0. The minimum absolute atomic E-state index is 0.408. The van der Waals surface area contributed by atoms with Crippen LogP contribution >= 0.6 is 0 Å². The van der Waals surface area contributed by atoms with Crippen LogP contribution in [0.1, 0.15) is 0 Å². The molecule has 0 fully saturated rings. The molecule has 0 aliphatic rings. The molecule has 0 aliphatic heterocycles. The van der Waals surface area contributed by atoms with Gasteiger partial charge in [0.2, 0.25) is 0 Å². The van der Waals surface area contributed by atoms with Gasteiger partial charge < -0.3 is 20.1 Å². The van der Waals surface area contributed by atoms with E-state index in [1.165, 1.54) is 0 Å². The summed E-state index contributed by atoms with van der Waals surface area (Å²) in [6.07, 6.45) is 3.15. The zero-order chi connectivity index (χ0) is 13.2. The predicted octanol–water partition coefficient (Wildman–Crippen LogP) is -0.588. The van der Waals surface area contributed by atoms with Gasteiger partial charge in [-0.15, -0.1) is 0 Å². The number of ether oxygens (including phenoxy) is 1. The molecule has 0 saturated carbocycles. The highest BCUT2D eigenvalue weighted by molar-refractivity contribution is 4.78. The number of likely N-dealkylation sites (N-methyl/N-ethyl adjacent to an activating group) is 1. The maximum Gasteiger partial charge on any atom is 0.0860 e. The van der Waals surface area contributed by atoms with Crippen molar-refractivity contribution < 1.29 is 9.84 Å². The Kier molecular flexibility index (Phi) is 7.59. The van der Waals surface area contributed by atoms with Gasteiger partial charge in [-0.05, 0) is 13.1 Å². The molecule has 0 radical (unpaired) electrons. The van der Waals surface area contributed by atoms with E-state index in [1.54, 1.807) is 18.0 Å². The lowest BCUT2D eigenvalue weighted by Gasteiger charge is -2.17. The number of hydrogen-bond acceptors (Lipinski definition) is 5. The first-order valence-corrected chi connectivity index (χ1v) is 6.26. The van der Waals surface area contributed by atoms with Crippen molar-refractivity contribution >= 4 is 0 Å². The van der Waals surface area contributed by atoms with Gasteiger partial charge in [-0.2, -0.15) is 5.10 Å². The van der Waals surface area contributed by atoms with Crippen molar-refractivity contribution in [1.82, 2.24) is 20.0 Å². The summed E-state index contributed by atoms with van der Waals surface area (Å²) in [5.74, 6) is 0. The molecule has 1 unspecified atom stereocenters. The Bertz CT molecular complexity index is 292. The van der Waals surface area contributed by atoms with Crippen molar-refractivity contribution in [2.75, 3.05) is 46.9 Å². The third-order valence-electron chi connectivity index (χ3n) is 2.68. The molecular weight excluding hydrogens is 232 g/mol. The zero-order valence-electron chi connectivity index (χ0n) is 11.2. The highest BCUT2D eigenvalue weighted by Crippen LogP contribution is 1.90. The second-order valence-electron chi connectivity index (χ2n) is 4.38. The molecule has 6 nitrogen and oxygen atoms in total. The van der Waals surface area contributed by atoms with Gasteiger partial charge in [0.25, 0.3) is 0 Å². The summed E-state index contributed by atoms with van der Waals surface area (Å²) in [6, 6.07) is 1.85. The molecule has 0 bridgehead atoms. The first-order valence-electron chi connectivity index (χ1n) is 6.26. The van der Waals surface area contributed by atoms with Crippen LogP contribution in [0, 0.1) is 0 Å². The maximum atomic E-state index is 9.77. The Labute approximate surface area is 109 Å². The van der Waals surface area contributed by atoms with Gasteiger partial charge in [-0.3, -0.25) is 4.68 Å². The lowest BCUT2D eigenvalue weighted by Crippen LogP contribution is -2.36. The molecule has 2 N–H and O–H groups in total. The molecule has 1 rings (SSSR count). The molecule has 0 aromatic carbocycles. The van der Waals surface area contributed by atoms with E-state index in [9.17, 15) is 5.11 Å². The van der Waals surface area contributed by atoms with E-state index in [4.69, 9.17) is 4.74 Å². The number of aliphatic hydroxyl groups is 1. The van der Waals surface area contributed by atoms with Gasteiger partial charge in [0, 0.05) is 45.7 Å². The third kappa shape index (κ3) is 6.70. The Morgan fingerprint density at radius 3 is 3.00 bits per heavy atom. The molecule has 0 saturated heterocycles. The molecule has 1 aromatic heterocycles. The summed E-state index contributed by atoms with van der Waals surface area (Å²) in [6.45, 7) is 4.58. The molecule has 1 heterocycles. The SMILES string of the molecule is COCCN(C)CCNCC(O)Cn1cccn1. The highest BCUT2D eigenvalue weighted by atomic mass is 16.5. The van der Waals surface area contributed by atoms with Crippen LogP contribution in [-0.4, -0.2) is 72.8 Å². The topological polar surface area (TPSA) is 62.6 Å². The van der Waals surface area contributed by atoms with Crippen molar-refractivity contribution in [2.24, 2.45) is 0 Å². The molecule has 0 spiro atoms. The molecule has 6 heteroatoms. The molecule has 0 amide bonds. The van der Waals surface area contributed by atoms with Crippen molar-refractivity contribution in [3.63, 3.8) is 0 Å². The van der Waals surface area contributed by atoms with E-state index >= 15 is 0 Å². The van der Waals surface area contributed by atoms with Crippen LogP contribution in [0.15, 0.2) is 18.5 Å². The molecule has 104 valence electrons. The summed E-state index contributed by atoms with van der Waals surface area (Å²) in [4.78, 5) is 2.19. The minimum atomic E-state index is -0.408. The third-order valence-corrected chi connectivity index (χ3v) is 2.68. The van der Waals surface area contributed by atoms with Crippen LogP contribution in [0.4, 0.5) is 0 Å². The fourth-order valence-corrected chi connectivity index (χ4v) is 1.59. The van der Waals surface area contributed by atoms with Crippen molar-refractivity contribution in [3.05, 3.63) is 18.5 Å². The normalized spacial score (nSPS) is 13.1. The van der Waals surface area contributed by atoms with Gasteiger partial charge in [0.15, 0.2) is 0 Å². The van der Waals surface area contributed by atoms with Gasteiger partial charge >= 0.3 is 0 Å². The Morgan fingerprint density at radius 2 is 2.33 bits per heavy atom. The zero-order valence-corrected chi connectivity index (χ0v) is 11.2. The number of aromatic nitrogens is 2. The van der Waals surface area contributed by atoms with Crippen molar-refractivity contribution in [1.29, 1.82) is 0 Å². The molecule has 1 aromatic rings. The second kappa shape index (κ2) is 9.04. The minimum Gasteiger partial charge on any atom is -0.390 e. The number of hydrogen-bond donors (Lipinski definition) is 2. The van der Waals surface area contributed by atoms with Gasteiger partial charge in [-0.25, -0.2) is 0 Å². The van der Waals surface area contributed by atoms with Gasteiger partial charge in [0.05, 0.1) is 19.3 Å². The van der Waals surface area contributed by atoms with Crippen LogP contribution in [-0.2, 0) is 11.3 Å². The number of aliphatic hydroxyl groups excluding tert-OH is 1. The molecule has 18 heavy (non-hydrogen) atoms. The smallest absolute Gasteiger partial charge is 0.0860 e. The lowest BCUT2D eigenvalue weighted by molar-refractivity contribution is 0.142. The summed E-state index contributed by atoms with van der Waals surface area (Å²) in [5, 5.41) is 17.1. The van der Waals surface area contributed by atoms with E-state index in [0.717, 1.165) is 26.2 Å². The van der Waals surface area contributed by atoms with E-state index in [1.807, 2.05) is 12.3 Å². The largest absolute Gasteiger partial charge is 0.390 e. The van der Waals surface area contributed by atoms with E-state index in [2.05, 4.69) is 22.4 Å². The molecule has 1 atom stereocenters. The summed E-state index contributed by atoms with van der Waals surface area (Å²) in [7, 11) is 3.76. The number of nitrogens with zero attached hydrogens (tertiary/aromatic N) is 3. The lowest BCUT2D eigenvalue weighted by atomic mass is 10.3. The molecular formula is C12H24N4O2. The summed E-state index contributed by atoms with van der Waals surface area (Å²) >= 11 is 0. The van der Waals surface area contributed by atoms with Crippen LogP contribution in [0.2, 0.25) is 0 Å². The van der Waals surface area contributed by atoms with Crippen LogP contribution < -0.4 is 5.32 Å². The Balaban J connectivity index is 2.00. The van der Waals surface area contributed by atoms with E-state index < -0.39 is 6.10 Å². The Morgan fingerprint density at radius 1 is 1.50 bits per heavy atom. The number of nitrogens with one attached hydrogen (secondary N) is 1. The van der Waals surface area contributed by atoms with Crippen molar-refractivity contribution in [3.8, 4) is 0 Å². The maximum absolute atomic E-state index is 9.77.